The Kier molecular flexibility index (Phi) is 7.93. The van der Waals surface area contributed by atoms with Crippen molar-refractivity contribution in [2.75, 3.05) is 0 Å². The van der Waals surface area contributed by atoms with E-state index in [9.17, 15) is 0 Å². The highest BCUT2D eigenvalue weighted by Gasteiger charge is 2.55. The van der Waals surface area contributed by atoms with Crippen LogP contribution < -0.4 is 4.74 Å². The first-order valence-corrected chi connectivity index (χ1v) is 16.7. The third kappa shape index (κ3) is 5.59. The molecule has 38 heavy (non-hydrogen) atoms. The zero-order chi connectivity index (χ0) is 26.4. The molecule has 0 spiro atoms. The van der Waals surface area contributed by atoms with Gasteiger partial charge in [-0.05, 0) is 115 Å². The molecule has 2 heteroatoms. The van der Waals surface area contributed by atoms with Crippen molar-refractivity contribution in [3.8, 4) is 5.75 Å². The van der Waals surface area contributed by atoms with Gasteiger partial charge in [-0.2, -0.15) is 0 Å². The van der Waals surface area contributed by atoms with Crippen molar-refractivity contribution in [1.29, 1.82) is 0 Å². The van der Waals surface area contributed by atoms with Crippen LogP contribution >= 0.6 is 0 Å². The van der Waals surface area contributed by atoms with Gasteiger partial charge in [0.25, 0.3) is 0 Å². The van der Waals surface area contributed by atoms with Crippen LogP contribution in [0.5, 0.6) is 5.75 Å². The van der Waals surface area contributed by atoms with E-state index in [2.05, 4.69) is 58.9 Å². The van der Waals surface area contributed by atoms with Crippen LogP contribution in [0.15, 0.2) is 24.3 Å². The predicted molar refractivity (Wildman–Crippen MR) is 157 cm³/mol. The minimum atomic E-state index is -0.0635. The van der Waals surface area contributed by atoms with Crippen molar-refractivity contribution in [1.82, 2.24) is 0 Å². The van der Waals surface area contributed by atoms with Gasteiger partial charge < -0.3 is 9.47 Å². The monoisotopic (exact) mass is 520 g/mol. The molecule has 0 saturated heterocycles. The molecule has 1 aromatic carbocycles. The van der Waals surface area contributed by atoms with Crippen molar-refractivity contribution in [2.24, 2.45) is 52.8 Å². The van der Waals surface area contributed by atoms with E-state index < -0.39 is 0 Å². The molecule has 10 atom stereocenters. The summed E-state index contributed by atoms with van der Waals surface area (Å²) in [5, 5.41) is 0. The highest BCUT2D eigenvalue weighted by Crippen LogP contribution is 2.60. The summed E-state index contributed by atoms with van der Waals surface area (Å²) in [6.45, 7) is 11.9. The fraction of sp³-hybridized carbons (Fsp3) is 0.833. The molecule has 5 saturated carbocycles. The van der Waals surface area contributed by atoms with E-state index in [0.29, 0.717) is 29.3 Å². The maximum atomic E-state index is 7.21. The topological polar surface area (TPSA) is 18.5 Å². The minimum Gasteiger partial charge on any atom is -0.465 e. The average Bonchev–Trinajstić information content (AvgIpc) is 3.61. The van der Waals surface area contributed by atoms with Crippen molar-refractivity contribution in [3.63, 3.8) is 0 Å². The largest absolute Gasteiger partial charge is 0.465 e. The fourth-order valence-corrected chi connectivity index (χ4v) is 10.2. The third-order valence-corrected chi connectivity index (χ3v) is 11.9. The fourth-order valence-electron chi connectivity index (χ4n) is 10.2. The molecule has 10 unspecified atom stereocenters. The summed E-state index contributed by atoms with van der Waals surface area (Å²) in [5.74, 6) is 8.23. The van der Waals surface area contributed by atoms with E-state index >= 15 is 0 Å². The van der Waals surface area contributed by atoms with E-state index in [1.807, 2.05) is 0 Å². The molecular formula is C36H56O2. The van der Waals surface area contributed by atoms with Gasteiger partial charge in [0, 0.05) is 5.92 Å². The molecular weight excluding hydrogens is 464 g/mol. The van der Waals surface area contributed by atoms with Gasteiger partial charge in [-0.1, -0.05) is 85.3 Å². The summed E-state index contributed by atoms with van der Waals surface area (Å²) >= 11 is 0. The highest BCUT2D eigenvalue weighted by atomic mass is 16.7. The Morgan fingerprint density at radius 1 is 0.737 bits per heavy atom. The third-order valence-electron chi connectivity index (χ3n) is 11.9. The molecule has 6 rings (SSSR count). The first-order chi connectivity index (χ1) is 18.3. The van der Waals surface area contributed by atoms with E-state index in [0.717, 1.165) is 41.3 Å². The quantitative estimate of drug-likeness (QED) is 0.317. The maximum absolute atomic E-state index is 7.21. The van der Waals surface area contributed by atoms with Crippen LogP contribution in [0.2, 0.25) is 0 Å². The summed E-state index contributed by atoms with van der Waals surface area (Å²) in [6, 6.07) is 9.24. The smallest absolute Gasteiger partial charge is 0.203 e. The lowest BCUT2D eigenvalue weighted by molar-refractivity contribution is -0.189. The average molecular weight is 521 g/mol. The number of ether oxygens (including phenoxy) is 2. The Bertz CT molecular complexity index is 910. The van der Waals surface area contributed by atoms with Gasteiger partial charge >= 0.3 is 0 Å². The Morgan fingerprint density at radius 3 is 2.18 bits per heavy atom. The van der Waals surface area contributed by atoms with Crippen LogP contribution in [-0.4, -0.2) is 12.4 Å². The predicted octanol–water partition coefficient (Wildman–Crippen LogP) is 10.0. The number of benzene rings is 1. The van der Waals surface area contributed by atoms with Gasteiger partial charge in [0.1, 0.15) is 5.75 Å². The molecule has 5 fully saturated rings. The minimum absolute atomic E-state index is 0.0635. The molecule has 0 aromatic heterocycles. The molecule has 1 aromatic rings. The zero-order valence-electron chi connectivity index (χ0n) is 25.2. The zero-order valence-corrected chi connectivity index (χ0v) is 25.2. The molecule has 0 aliphatic heterocycles. The Labute approximate surface area is 234 Å². The van der Waals surface area contributed by atoms with Gasteiger partial charge in [0.15, 0.2) is 0 Å². The van der Waals surface area contributed by atoms with Gasteiger partial charge in [-0.15, -0.1) is 0 Å². The van der Waals surface area contributed by atoms with Crippen LogP contribution in [0, 0.1) is 52.8 Å². The SMILES string of the molecule is CC(C)C(CC(C)(C)C)c1ccc(OC(OC2CC3CC2C2CCCC32)C2CCCC3CCCCC32)cc1. The molecule has 212 valence electrons. The van der Waals surface area contributed by atoms with Crippen LogP contribution in [0.3, 0.4) is 0 Å². The molecule has 0 heterocycles. The summed E-state index contributed by atoms with van der Waals surface area (Å²) in [7, 11) is 0. The van der Waals surface area contributed by atoms with Crippen LogP contribution in [0.1, 0.15) is 130 Å². The first kappa shape index (κ1) is 27.2. The molecule has 5 aliphatic carbocycles. The Balaban J connectivity index is 1.21. The molecule has 0 amide bonds. The van der Waals surface area contributed by atoms with Gasteiger partial charge in [0.2, 0.25) is 6.29 Å². The lowest BCUT2D eigenvalue weighted by Gasteiger charge is -2.45. The van der Waals surface area contributed by atoms with Gasteiger partial charge in [0.05, 0.1) is 6.10 Å². The molecule has 2 bridgehead atoms. The second-order valence-electron chi connectivity index (χ2n) is 15.8. The highest BCUT2D eigenvalue weighted by molar-refractivity contribution is 5.30. The van der Waals surface area contributed by atoms with E-state index in [-0.39, 0.29) is 6.29 Å². The lowest BCUT2D eigenvalue weighted by atomic mass is 9.65. The van der Waals surface area contributed by atoms with Crippen molar-refractivity contribution in [3.05, 3.63) is 29.8 Å². The summed E-state index contributed by atoms with van der Waals surface area (Å²) < 4.78 is 14.2. The normalized spacial score (nSPS) is 38.2. The van der Waals surface area contributed by atoms with Gasteiger partial charge in [-0.25, -0.2) is 0 Å². The van der Waals surface area contributed by atoms with Crippen molar-refractivity contribution in [2.45, 2.75) is 136 Å². The van der Waals surface area contributed by atoms with E-state index in [1.54, 1.807) is 0 Å². The Morgan fingerprint density at radius 2 is 1.42 bits per heavy atom. The number of fused-ring (bicyclic) bond motifs is 6. The maximum Gasteiger partial charge on any atom is 0.203 e. The standard InChI is InChI=1S/C36H56O2/c1-23(2)33(22-36(3,4)5)25-16-18-27(19-17-25)37-35(31-15-8-11-24-10-6-7-12-28(24)31)38-34-21-26-20-32(34)30-14-9-13-29(26)30/h16-19,23-24,26,28-35H,6-15,20-22H2,1-5H3. The number of hydrogen-bond acceptors (Lipinski definition) is 2. The summed E-state index contributed by atoms with van der Waals surface area (Å²) in [6.07, 6.45) is 18.5. The van der Waals surface area contributed by atoms with E-state index in [4.69, 9.17) is 9.47 Å². The number of rotatable bonds is 8. The van der Waals surface area contributed by atoms with Crippen LogP contribution in [-0.2, 0) is 4.74 Å². The summed E-state index contributed by atoms with van der Waals surface area (Å²) in [4.78, 5) is 0. The molecule has 0 radical (unpaired) electrons. The van der Waals surface area contributed by atoms with Gasteiger partial charge in [-0.3, -0.25) is 0 Å². The molecule has 0 N–H and O–H groups in total. The van der Waals surface area contributed by atoms with Crippen molar-refractivity contribution >= 4 is 0 Å². The first-order valence-electron chi connectivity index (χ1n) is 16.7. The van der Waals surface area contributed by atoms with E-state index in [1.165, 1.54) is 89.0 Å². The Hall–Kier alpha value is -1.02. The van der Waals surface area contributed by atoms with Crippen LogP contribution in [0.4, 0.5) is 0 Å². The second kappa shape index (κ2) is 11.1. The van der Waals surface area contributed by atoms with Crippen LogP contribution in [0.25, 0.3) is 0 Å². The van der Waals surface area contributed by atoms with Crippen molar-refractivity contribution < 1.29 is 9.47 Å². The number of hydrogen-bond donors (Lipinski definition) is 0. The second-order valence-corrected chi connectivity index (χ2v) is 15.8. The molecule has 2 nitrogen and oxygen atoms in total. The lowest BCUT2D eigenvalue weighted by Crippen LogP contribution is -2.45. The molecule has 5 aliphatic rings. The summed E-state index contributed by atoms with van der Waals surface area (Å²) in [5.41, 5.74) is 1.80.